The summed E-state index contributed by atoms with van der Waals surface area (Å²) in [6.07, 6.45) is 0. The zero-order valence-electron chi connectivity index (χ0n) is 27.2. The lowest BCUT2D eigenvalue weighted by Crippen LogP contribution is -2.00. The maximum atomic E-state index is 10.5. The van der Waals surface area contributed by atoms with Gasteiger partial charge in [0.25, 0.3) is 0 Å². The molecule has 9 aromatic rings. The van der Waals surface area contributed by atoms with Crippen molar-refractivity contribution in [2.45, 2.75) is 0 Å². The summed E-state index contributed by atoms with van der Waals surface area (Å²) in [6, 6.07) is 57.6. The Labute approximate surface area is 298 Å². The molecule has 9 rings (SSSR count). The van der Waals surface area contributed by atoms with Crippen LogP contribution in [-0.2, 0) is 0 Å². The molecule has 0 aliphatic heterocycles. The standard InChI is InChI=1S/C45H27N5S/c46-28-37-39-40(31-12-4-1-5-13-31)47-38-19-11-10-18-36(38)42(39)51-41(37)32-24-20-29(21-25-32)30-22-26-35(27-23-30)45-49-43(33-14-6-2-7-15-33)48-44(50-45)34-16-8-3-9-17-34/h1-27H. The minimum atomic E-state index is 0.621. The third-order valence-electron chi connectivity index (χ3n) is 9.01. The Morgan fingerprint density at radius 2 is 0.843 bits per heavy atom. The van der Waals surface area contributed by atoms with Crippen LogP contribution in [0, 0.1) is 11.3 Å². The van der Waals surface area contributed by atoms with Crippen LogP contribution in [0.1, 0.15) is 5.56 Å². The summed E-state index contributed by atoms with van der Waals surface area (Å²) in [4.78, 5) is 20.6. The van der Waals surface area contributed by atoms with Gasteiger partial charge >= 0.3 is 0 Å². The van der Waals surface area contributed by atoms with Crippen LogP contribution >= 0.6 is 11.3 Å². The van der Waals surface area contributed by atoms with E-state index in [-0.39, 0.29) is 0 Å². The Kier molecular flexibility index (Phi) is 7.66. The lowest BCUT2D eigenvalue weighted by molar-refractivity contribution is 1.07. The van der Waals surface area contributed by atoms with Crippen LogP contribution in [0.15, 0.2) is 164 Å². The molecule has 51 heavy (non-hydrogen) atoms. The van der Waals surface area contributed by atoms with Crippen LogP contribution in [0.5, 0.6) is 0 Å². The van der Waals surface area contributed by atoms with Crippen molar-refractivity contribution >= 4 is 32.3 Å². The van der Waals surface area contributed by atoms with Gasteiger partial charge in [0.05, 0.1) is 21.7 Å². The fourth-order valence-corrected chi connectivity index (χ4v) is 7.76. The molecule has 0 N–H and O–H groups in total. The van der Waals surface area contributed by atoms with Crippen molar-refractivity contribution in [3.63, 3.8) is 0 Å². The van der Waals surface area contributed by atoms with Crippen LogP contribution in [0.4, 0.5) is 0 Å². The van der Waals surface area contributed by atoms with Crippen molar-refractivity contribution in [1.29, 1.82) is 5.26 Å². The maximum Gasteiger partial charge on any atom is 0.164 e. The van der Waals surface area contributed by atoms with E-state index in [1.807, 2.05) is 97.1 Å². The van der Waals surface area contributed by atoms with Gasteiger partial charge in [-0.1, -0.05) is 158 Å². The minimum Gasteiger partial charge on any atom is -0.247 e. The number of benzene rings is 6. The van der Waals surface area contributed by atoms with Gasteiger partial charge in [0.2, 0.25) is 0 Å². The monoisotopic (exact) mass is 669 g/mol. The van der Waals surface area contributed by atoms with Crippen LogP contribution in [0.3, 0.4) is 0 Å². The largest absolute Gasteiger partial charge is 0.247 e. The number of nitriles is 1. The number of fused-ring (bicyclic) bond motifs is 3. The highest BCUT2D eigenvalue weighted by atomic mass is 32.1. The summed E-state index contributed by atoms with van der Waals surface area (Å²) in [5, 5.41) is 12.5. The molecule has 3 aromatic heterocycles. The lowest BCUT2D eigenvalue weighted by Gasteiger charge is -2.09. The van der Waals surface area contributed by atoms with Crippen molar-refractivity contribution in [2.75, 3.05) is 0 Å². The molecule has 0 radical (unpaired) electrons. The fraction of sp³-hybridized carbons (Fsp3) is 0. The Morgan fingerprint density at radius 1 is 0.412 bits per heavy atom. The molecule has 0 spiro atoms. The maximum absolute atomic E-state index is 10.5. The topological polar surface area (TPSA) is 75.3 Å². The van der Waals surface area contributed by atoms with E-state index in [9.17, 15) is 5.26 Å². The van der Waals surface area contributed by atoms with Gasteiger partial charge in [0.15, 0.2) is 17.5 Å². The van der Waals surface area contributed by atoms with Gasteiger partial charge in [-0.3, -0.25) is 0 Å². The molecule has 0 atom stereocenters. The normalized spacial score (nSPS) is 11.1. The first-order valence-corrected chi connectivity index (χ1v) is 17.4. The third-order valence-corrected chi connectivity index (χ3v) is 10.3. The first kappa shape index (κ1) is 30.3. The summed E-state index contributed by atoms with van der Waals surface area (Å²) in [5.41, 5.74) is 9.35. The Bertz CT molecular complexity index is 2660. The van der Waals surface area contributed by atoms with Crippen molar-refractivity contribution in [3.05, 3.63) is 169 Å². The first-order valence-electron chi connectivity index (χ1n) is 16.6. The molecule has 6 aromatic carbocycles. The second-order valence-electron chi connectivity index (χ2n) is 12.2. The number of pyridine rings is 1. The molecule has 238 valence electrons. The highest BCUT2D eigenvalue weighted by Gasteiger charge is 2.21. The van der Waals surface area contributed by atoms with Gasteiger partial charge in [-0.05, 0) is 22.8 Å². The summed E-state index contributed by atoms with van der Waals surface area (Å²) in [6.45, 7) is 0. The Morgan fingerprint density at radius 3 is 1.37 bits per heavy atom. The summed E-state index contributed by atoms with van der Waals surface area (Å²) in [7, 11) is 0. The summed E-state index contributed by atoms with van der Waals surface area (Å²) in [5.74, 6) is 1.89. The van der Waals surface area contributed by atoms with E-state index < -0.39 is 0 Å². The SMILES string of the molecule is N#Cc1c(-c2ccc(-c3ccc(-c4nc(-c5ccccc5)nc(-c5ccccc5)n4)cc3)cc2)sc2c1c(-c1ccccc1)nc1ccccc12. The van der Waals surface area contributed by atoms with Gasteiger partial charge in [-0.25, -0.2) is 19.9 Å². The van der Waals surface area contributed by atoms with E-state index in [2.05, 4.69) is 72.8 Å². The Balaban J connectivity index is 1.08. The van der Waals surface area contributed by atoms with E-state index >= 15 is 0 Å². The molecule has 0 bridgehead atoms. The number of rotatable bonds is 6. The number of aromatic nitrogens is 4. The quantitative estimate of drug-likeness (QED) is 0.176. The zero-order chi connectivity index (χ0) is 34.1. The molecule has 5 nitrogen and oxygen atoms in total. The van der Waals surface area contributed by atoms with Crippen molar-refractivity contribution in [1.82, 2.24) is 19.9 Å². The van der Waals surface area contributed by atoms with E-state index in [1.165, 1.54) is 0 Å². The first-order chi connectivity index (χ1) is 25.2. The van der Waals surface area contributed by atoms with Gasteiger partial charge in [0.1, 0.15) is 6.07 Å². The van der Waals surface area contributed by atoms with Crippen molar-refractivity contribution in [3.8, 4) is 73.1 Å². The molecule has 0 saturated carbocycles. The molecular formula is C45H27N5S. The molecule has 0 aliphatic rings. The highest BCUT2D eigenvalue weighted by molar-refractivity contribution is 7.23. The Hall–Kier alpha value is -6.81. The zero-order valence-corrected chi connectivity index (χ0v) is 28.0. The second kappa shape index (κ2) is 12.9. The van der Waals surface area contributed by atoms with Gasteiger partial charge in [-0.15, -0.1) is 11.3 Å². The summed E-state index contributed by atoms with van der Waals surface area (Å²) < 4.78 is 1.08. The number of thiophene rings is 1. The van der Waals surface area contributed by atoms with Crippen LogP contribution in [0.25, 0.3) is 88.0 Å². The van der Waals surface area contributed by atoms with E-state index in [0.29, 0.717) is 23.0 Å². The molecule has 6 heteroatoms. The molecule has 0 fully saturated rings. The minimum absolute atomic E-state index is 0.621. The number of nitrogens with zero attached hydrogens (tertiary/aromatic N) is 5. The average Bonchev–Trinajstić information content (AvgIpc) is 3.62. The molecule has 0 saturated heterocycles. The molecular weight excluding hydrogens is 643 g/mol. The van der Waals surface area contributed by atoms with Crippen molar-refractivity contribution in [2.24, 2.45) is 0 Å². The number of hydrogen-bond acceptors (Lipinski definition) is 6. The number of hydrogen-bond donors (Lipinski definition) is 0. The van der Waals surface area contributed by atoms with Crippen LogP contribution in [-0.4, -0.2) is 19.9 Å². The summed E-state index contributed by atoms with van der Waals surface area (Å²) >= 11 is 1.66. The molecule has 0 aliphatic carbocycles. The third kappa shape index (κ3) is 5.62. The van der Waals surface area contributed by atoms with E-state index in [4.69, 9.17) is 19.9 Å². The second-order valence-corrected chi connectivity index (χ2v) is 13.2. The van der Waals surface area contributed by atoms with Crippen LogP contribution < -0.4 is 0 Å². The lowest BCUT2D eigenvalue weighted by atomic mass is 9.98. The van der Waals surface area contributed by atoms with Gasteiger partial charge < -0.3 is 0 Å². The highest BCUT2D eigenvalue weighted by Crippen LogP contribution is 2.45. The number of para-hydroxylation sites is 1. The predicted octanol–water partition coefficient (Wildman–Crippen LogP) is 11.5. The fourth-order valence-electron chi connectivity index (χ4n) is 6.46. The smallest absolute Gasteiger partial charge is 0.164 e. The van der Waals surface area contributed by atoms with Crippen molar-refractivity contribution < 1.29 is 0 Å². The van der Waals surface area contributed by atoms with Gasteiger partial charge in [-0.2, -0.15) is 5.26 Å². The van der Waals surface area contributed by atoms with Gasteiger partial charge in [0, 0.05) is 37.7 Å². The molecule has 0 unspecified atom stereocenters. The van der Waals surface area contributed by atoms with E-state index in [0.717, 1.165) is 70.5 Å². The predicted molar refractivity (Wildman–Crippen MR) is 208 cm³/mol. The van der Waals surface area contributed by atoms with Crippen LogP contribution in [0.2, 0.25) is 0 Å². The molecule has 3 heterocycles. The average molecular weight is 670 g/mol. The molecule has 0 amide bonds. The van der Waals surface area contributed by atoms with E-state index in [1.54, 1.807) is 11.3 Å².